The lowest BCUT2D eigenvalue weighted by molar-refractivity contribution is -0.320. The minimum absolute atomic E-state index is 0.606. The van der Waals surface area contributed by atoms with E-state index in [4.69, 9.17) is 11.6 Å². The lowest BCUT2D eigenvalue weighted by Crippen LogP contribution is -2.70. The Kier molecular flexibility index (Phi) is 2.66. The molecule has 2 rings (SSSR count). The number of piperidine rings is 1. The fourth-order valence-electron chi connectivity index (χ4n) is 2.71. The van der Waals surface area contributed by atoms with Crippen molar-refractivity contribution >= 4 is 11.6 Å². The zero-order valence-electron chi connectivity index (χ0n) is 8.11. The van der Waals surface area contributed by atoms with Crippen molar-refractivity contribution in [2.75, 3.05) is 0 Å². The SMILES string of the molecule is O[C@H]1C[C@H]2[C@H](Cl)[C@H]1NC2(C(F)(F)F)C(F)(F)F. The maximum Gasteiger partial charge on any atom is 0.415 e. The first-order valence-corrected chi connectivity index (χ1v) is 5.19. The predicted octanol–water partition coefficient (Wildman–Crippen LogP) is 1.81. The van der Waals surface area contributed by atoms with Crippen LogP contribution in [0.5, 0.6) is 0 Å². The molecule has 0 aromatic rings. The molecule has 0 spiro atoms. The molecule has 0 amide bonds. The van der Waals surface area contributed by atoms with E-state index in [-0.39, 0.29) is 0 Å². The van der Waals surface area contributed by atoms with Crippen molar-refractivity contribution < 1.29 is 31.4 Å². The molecule has 2 bridgehead atoms. The second-order valence-corrected chi connectivity index (χ2v) is 4.83. The Morgan fingerprint density at radius 3 is 1.82 bits per heavy atom. The molecule has 1 aliphatic heterocycles. The van der Waals surface area contributed by atoms with Crippen molar-refractivity contribution in [1.29, 1.82) is 0 Å². The van der Waals surface area contributed by atoms with Crippen LogP contribution in [0.4, 0.5) is 26.3 Å². The first-order chi connectivity index (χ1) is 7.52. The molecule has 0 aromatic carbocycles. The number of aliphatic hydroxyl groups is 1. The number of aliphatic hydroxyl groups excluding tert-OH is 1. The molecular formula is C8H8ClF6NO. The van der Waals surface area contributed by atoms with Crippen molar-refractivity contribution in [1.82, 2.24) is 5.32 Å². The third-order valence-corrected chi connectivity index (χ3v) is 4.06. The Morgan fingerprint density at radius 1 is 1.12 bits per heavy atom. The van der Waals surface area contributed by atoms with E-state index < -0.39 is 47.8 Å². The van der Waals surface area contributed by atoms with Gasteiger partial charge in [-0.25, -0.2) is 0 Å². The number of rotatable bonds is 0. The van der Waals surface area contributed by atoms with Crippen molar-refractivity contribution in [3.05, 3.63) is 0 Å². The monoisotopic (exact) mass is 283 g/mol. The van der Waals surface area contributed by atoms with Crippen molar-refractivity contribution in [3.8, 4) is 0 Å². The number of hydrogen-bond donors (Lipinski definition) is 2. The topological polar surface area (TPSA) is 32.3 Å². The van der Waals surface area contributed by atoms with Crippen LogP contribution in [0.15, 0.2) is 0 Å². The average molecular weight is 284 g/mol. The first kappa shape index (κ1) is 13.2. The Hall–Kier alpha value is -0.210. The van der Waals surface area contributed by atoms with Crippen LogP contribution >= 0.6 is 11.6 Å². The van der Waals surface area contributed by atoms with Gasteiger partial charge in [0.25, 0.3) is 0 Å². The van der Waals surface area contributed by atoms with Gasteiger partial charge in [0.1, 0.15) is 0 Å². The van der Waals surface area contributed by atoms with E-state index in [1.54, 1.807) is 0 Å². The molecule has 2 nitrogen and oxygen atoms in total. The van der Waals surface area contributed by atoms with Crippen molar-refractivity contribution in [3.63, 3.8) is 0 Å². The molecule has 4 atom stereocenters. The van der Waals surface area contributed by atoms with Gasteiger partial charge in [0.05, 0.1) is 17.5 Å². The number of hydrogen-bond acceptors (Lipinski definition) is 2. The molecule has 1 heterocycles. The third-order valence-electron chi connectivity index (χ3n) is 3.48. The van der Waals surface area contributed by atoms with Gasteiger partial charge in [0.2, 0.25) is 5.54 Å². The highest BCUT2D eigenvalue weighted by Crippen LogP contribution is 2.58. The molecule has 9 heteroatoms. The zero-order valence-corrected chi connectivity index (χ0v) is 8.87. The standard InChI is InChI=1S/C8H8ClF6NO/c9-4-2-1-3(17)5(4)16-6(2,7(10,11)12)8(13,14)15/h2-5,16-17H,1H2/t2-,3-,4-,5-/m0/s1. The average Bonchev–Trinajstić information content (AvgIpc) is 2.53. The smallest absolute Gasteiger partial charge is 0.391 e. The fourth-order valence-corrected chi connectivity index (χ4v) is 3.23. The molecule has 0 radical (unpaired) electrons. The summed E-state index contributed by atoms with van der Waals surface area (Å²) in [7, 11) is 0. The summed E-state index contributed by atoms with van der Waals surface area (Å²) in [6.07, 6.45) is -12.9. The number of halogens is 7. The van der Waals surface area contributed by atoms with Gasteiger partial charge in [-0.05, 0) is 6.42 Å². The fraction of sp³-hybridized carbons (Fsp3) is 1.00. The van der Waals surface area contributed by atoms with Crippen LogP contribution in [0.25, 0.3) is 0 Å². The Balaban J connectivity index is 2.48. The summed E-state index contributed by atoms with van der Waals surface area (Å²) in [5, 5.41) is 9.34. The summed E-state index contributed by atoms with van der Waals surface area (Å²) in [6, 6.07) is -1.38. The van der Waals surface area contributed by atoms with Crippen LogP contribution in [-0.2, 0) is 0 Å². The summed E-state index contributed by atoms with van der Waals surface area (Å²) in [5.41, 5.74) is -4.00. The molecule has 0 aromatic heterocycles. The predicted molar refractivity (Wildman–Crippen MR) is 45.5 cm³/mol. The van der Waals surface area contributed by atoms with Crippen LogP contribution in [-0.4, -0.2) is 40.5 Å². The Bertz CT molecular complexity index is 315. The van der Waals surface area contributed by atoms with Gasteiger partial charge in [-0.2, -0.15) is 26.3 Å². The summed E-state index contributed by atoms with van der Waals surface area (Å²) >= 11 is 5.54. The highest BCUT2D eigenvalue weighted by atomic mass is 35.5. The minimum atomic E-state index is -5.50. The van der Waals surface area contributed by atoms with Gasteiger partial charge in [-0.15, -0.1) is 11.6 Å². The van der Waals surface area contributed by atoms with Crippen LogP contribution in [0, 0.1) is 5.92 Å². The van der Waals surface area contributed by atoms with Gasteiger partial charge >= 0.3 is 12.4 Å². The summed E-state index contributed by atoms with van der Waals surface area (Å²) in [6.45, 7) is 0. The number of nitrogens with one attached hydrogen (secondary N) is 1. The van der Waals surface area contributed by atoms with Gasteiger partial charge in [0, 0.05) is 5.92 Å². The van der Waals surface area contributed by atoms with Crippen LogP contribution < -0.4 is 5.32 Å². The van der Waals surface area contributed by atoms with E-state index in [1.165, 1.54) is 5.32 Å². The van der Waals surface area contributed by atoms with E-state index in [9.17, 15) is 31.4 Å². The Labute approximate surface area is 96.9 Å². The molecule has 100 valence electrons. The Morgan fingerprint density at radius 2 is 1.59 bits per heavy atom. The third kappa shape index (κ3) is 1.50. The molecule has 2 fully saturated rings. The van der Waals surface area contributed by atoms with Gasteiger partial charge in [0.15, 0.2) is 0 Å². The van der Waals surface area contributed by atoms with Gasteiger partial charge < -0.3 is 5.11 Å². The molecule has 1 aliphatic carbocycles. The second-order valence-electron chi connectivity index (χ2n) is 4.33. The molecule has 1 saturated heterocycles. The highest BCUT2D eigenvalue weighted by Gasteiger charge is 2.81. The van der Waals surface area contributed by atoms with E-state index in [2.05, 4.69) is 0 Å². The van der Waals surface area contributed by atoms with E-state index in [0.29, 0.717) is 0 Å². The van der Waals surface area contributed by atoms with E-state index >= 15 is 0 Å². The largest absolute Gasteiger partial charge is 0.415 e. The number of alkyl halides is 7. The summed E-state index contributed by atoms with van der Waals surface area (Å²) in [4.78, 5) is 0. The number of fused-ring (bicyclic) bond motifs is 2. The zero-order chi connectivity index (χ0) is 13.2. The maximum atomic E-state index is 12.7. The van der Waals surface area contributed by atoms with Crippen LogP contribution in [0.3, 0.4) is 0 Å². The maximum absolute atomic E-state index is 12.7. The van der Waals surface area contributed by atoms with Gasteiger partial charge in [-0.3, -0.25) is 5.32 Å². The highest BCUT2D eigenvalue weighted by molar-refractivity contribution is 6.22. The normalized spacial score (nSPS) is 40.9. The van der Waals surface area contributed by atoms with Crippen molar-refractivity contribution in [2.24, 2.45) is 5.92 Å². The molecule has 17 heavy (non-hydrogen) atoms. The molecule has 2 aliphatic rings. The molecular weight excluding hydrogens is 276 g/mol. The lowest BCUT2D eigenvalue weighted by Gasteiger charge is -2.41. The summed E-state index contributed by atoms with van der Waals surface area (Å²) in [5.74, 6) is -1.90. The van der Waals surface area contributed by atoms with Crippen LogP contribution in [0.2, 0.25) is 0 Å². The quantitative estimate of drug-likeness (QED) is 0.525. The molecule has 1 saturated carbocycles. The molecule has 0 unspecified atom stereocenters. The van der Waals surface area contributed by atoms with Crippen molar-refractivity contribution in [2.45, 2.75) is 41.8 Å². The van der Waals surface area contributed by atoms with E-state index in [0.717, 1.165) is 0 Å². The van der Waals surface area contributed by atoms with E-state index in [1.807, 2.05) is 0 Å². The molecule has 2 N–H and O–H groups in total. The first-order valence-electron chi connectivity index (χ1n) is 4.75. The minimum Gasteiger partial charge on any atom is -0.391 e. The second kappa shape index (κ2) is 3.42. The lowest BCUT2D eigenvalue weighted by atomic mass is 9.82. The van der Waals surface area contributed by atoms with Crippen LogP contribution in [0.1, 0.15) is 6.42 Å². The summed E-state index contributed by atoms with van der Waals surface area (Å²) < 4.78 is 76.5. The van der Waals surface area contributed by atoms with Gasteiger partial charge in [-0.1, -0.05) is 0 Å².